The Morgan fingerprint density at radius 2 is 1.88 bits per heavy atom. The molecule has 0 unspecified atom stereocenters. The number of amides is 2. The summed E-state index contributed by atoms with van der Waals surface area (Å²) in [5, 5.41) is 2.82. The van der Waals surface area contributed by atoms with Gasteiger partial charge in [-0.2, -0.15) is 0 Å². The van der Waals surface area contributed by atoms with Gasteiger partial charge in [0, 0.05) is 17.9 Å². The monoisotopic (exact) mass is 340 g/mol. The minimum absolute atomic E-state index is 0.0545. The Kier molecular flexibility index (Phi) is 5.64. The molecule has 0 aliphatic carbocycles. The molecule has 1 heterocycles. The van der Waals surface area contributed by atoms with E-state index in [0.29, 0.717) is 25.4 Å². The van der Waals surface area contributed by atoms with Crippen molar-refractivity contribution in [2.24, 2.45) is 0 Å². The van der Waals surface area contributed by atoms with E-state index in [-0.39, 0.29) is 24.8 Å². The Balaban J connectivity index is 1.47. The predicted octanol–water partition coefficient (Wildman–Crippen LogP) is 2.46. The van der Waals surface area contributed by atoms with Crippen LogP contribution in [-0.2, 0) is 14.3 Å². The smallest absolute Gasteiger partial charge is 0.253 e. The Bertz CT molecular complexity index is 716. The molecule has 1 aliphatic heterocycles. The summed E-state index contributed by atoms with van der Waals surface area (Å²) < 4.78 is 10.6. The first kappa shape index (κ1) is 17.0. The molecule has 0 aromatic heterocycles. The molecule has 2 amide bonds. The van der Waals surface area contributed by atoms with Crippen LogP contribution in [0.4, 0.5) is 11.4 Å². The summed E-state index contributed by atoms with van der Waals surface area (Å²) in [6.07, 6.45) is 0.262. The van der Waals surface area contributed by atoms with Crippen molar-refractivity contribution >= 4 is 23.2 Å². The van der Waals surface area contributed by atoms with E-state index in [1.165, 1.54) is 0 Å². The minimum Gasteiger partial charge on any atom is -0.493 e. The number of rotatable bonds is 6. The molecule has 0 bridgehead atoms. The fourth-order valence-corrected chi connectivity index (χ4v) is 2.52. The number of nitrogens with one attached hydrogen (secondary N) is 1. The number of carbonyl (C=O) groups excluding carboxylic acids is 2. The van der Waals surface area contributed by atoms with Gasteiger partial charge in [0.2, 0.25) is 5.91 Å². The Morgan fingerprint density at radius 3 is 2.60 bits per heavy atom. The molecular formula is C19H20N2O4. The lowest BCUT2D eigenvalue weighted by atomic mass is 10.2. The zero-order chi connectivity index (χ0) is 17.5. The zero-order valence-electron chi connectivity index (χ0n) is 13.8. The average molecular weight is 340 g/mol. The molecule has 25 heavy (non-hydrogen) atoms. The molecule has 6 nitrogen and oxygen atoms in total. The van der Waals surface area contributed by atoms with Gasteiger partial charge in [0.15, 0.2) is 0 Å². The van der Waals surface area contributed by atoms with Gasteiger partial charge >= 0.3 is 0 Å². The van der Waals surface area contributed by atoms with Crippen LogP contribution in [0.3, 0.4) is 0 Å². The van der Waals surface area contributed by atoms with Gasteiger partial charge in [-0.15, -0.1) is 0 Å². The maximum atomic E-state index is 12.0. The molecule has 2 aromatic carbocycles. The lowest BCUT2D eigenvalue weighted by Gasteiger charge is -2.26. The summed E-state index contributed by atoms with van der Waals surface area (Å²) in [5.41, 5.74) is 1.49. The van der Waals surface area contributed by atoms with E-state index in [0.717, 1.165) is 11.4 Å². The number of carbonyl (C=O) groups is 2. The first-order chi connectivity index (χ1) is 12.2. The molecule has 3 rings (SSSR count). The van der Waals surface area contributed by atoms with Crippen LogP contribution in [0.1, 0.15) is 6.42 Å². The highest BCUT2D eigenvalue weighted by Gasteiger charge is 2.19. The third kappa shape index (κ3) is 4.81. The second-order valence-electron chi connectivity index (χ2n) is 5.60. The standard InChI is InChI=1S/C19H20N2O4/c22-18(10-12-25-17-4-2-1-3-5-17)20-15-6-8-16(9-7-15)21-11-13-24-14-19(21)23/h1-9H,10-14H2,(H,20,22). The van der Waals surface area contributed by atoms with Gasteiger partial charge in [-0.25, -0.2) is 0 Å². The number of hydrogen-bond acceptors (Lipinski definition) is 4. The van der Waals surface area contributed by atoms with Gasteiger partial charge in [0.05, 0.1) is 19.6 Å². The van der Waals surface area contributed by atoms with Crippen molar-refractivity contribution in [3.05, 3.63) is 54.6 Å². The van der Waals surface area contributed by atoms with Crippen molar-refractivity contribution in [2.75, 3.05) is 36.6 Å². The van der Waals surface area contributed by atoms with Crippen molar-refractivity contribution in [1.29, 1.82) is 0 Å². The molecule has 6 heteroatoms. The van der Waals surface area contributed by atoms with Gasteiger partial charge in [-0.3, -0.25) is 9.59 Å². The van der Waals surface area contributed by atoms with Gasteiger partial charge in [-0.1, -0.05) is 18.2 Å². The van der Waals surface area contributed by atoms with Crippen LogP contribution in [0.5, 0.6) is 5.75 Å². The largest absolute Gasteiger partial charge is 0.493 e. The van der Waals surface area contributed by atoms with Crippen LogP contribution in [0.2, 0.25) is 0 Å². The molecule has 1 fully saturated rings. The number of hydrogen-bond donors (Lipinski definition) is 1. The maximum Gasteiger partial charge on any atom is 0.253 e. The highest BCUT2D eigenvalue weighted by Crippen LogP contribution is 2.19. The van der Waals surface area contributed by atoms with Gasteiger partial charge < -0.3 is 19.7 Å². The van der Waals surface area contributed by atoms with E-state index in [2.05, 4.69) is 5.32 Å². The van der Waals surface area contributed by atoms with Crippen molar-refractivity contribution in [3.8, 4) is 5.75 Å². The second kappa shape index (κ2) is 8.30. The third-order valence-electron chi connectivity index (χ3n) is 3.79. The van der Waals surface area contributed by atoms with Crippen LogP contribution in [-0.4, -0.2) is 38.2 Å². The van der Waals surface area contributed by atoms with Crippen LogP contribution in [0.15, 0.2) is 54.6 Å². The summed E-state index contributed by atoms with van der Waals surface area (Å²) in [4.78, 5) is 25.5. The first-order valence-corrected chi connectivity index (χ1v) is 8.18. The van der Waals surface area contributed by atoms with Crippen molar-refractivity contribution < 1.29 is 19.1 Å². The van der Waals surface area contributed by atoms with Gasteiger partial charge in [0.25, 0.3) is 5.91 Å². The summed E-state index contributed by atoms with van der Waals surface area (Å²) in [7, 11) is 0. The van der Waals surface area contributed by atoms with Crippen LogP contribution >= 0.6 is 0 Å². The Labute approximate surface area is 146 Å². The number of para-hydroxylation sites is 1. The molecule has 1 aliphatic rings. The number of nitrogens with zero attached hydrogens (tertiary/aromatic N) is 1. The summed E-state index contributed by atoms with van der Waals surface area (Å²) >= 11 is 0. The summed E-state index contributed by atoms with van der Waals surface area (Å²) in [6.45, 7) is 1.50. The Hall–Kier alpha value is -2.86. The van der Waals surface area contributed by atoms with E-state index in [4.69, 9.17) is 9.47 Å². The lowest BCUT2D eigenvalue weighted by Crippen LogP contribution is -2.41. The van der Waals surface area contributed by atoms with Gasteiger partial charge in [0.1, 0.15) is 12.4 Å². The molecule has 0 atom stereocenters. The fourth-order valence-electron chi connectivity index (χ4n) is 2.52. The maximum absolute atomic E-state index is 12.0. The Morgan fingerprint density at radius 1 is 1.12 bits per heavy atom. The molecule has 1 N–H and O–H groups in total. The summed E-state index contributed by atoms with van der Waals surface area (Å²) in [6, 6.07) is 16.6. The van der Waals surface area contributed by atoms with E-state index in [1.807, 2.05) is 42.5 Å². The van der Waals surface area contributed by atoms with Crippen molar-refractivity contribution in [3.63, 3.8) is 0 Å². The van der Waals surface area contributed by atoms with E-state index >= 15 is 0 Å². The molecule has 2 aromatic rings. The van der Waals surface area contributed by atoms with E-state index < -0.39 is 0 Å². The van der Waals surface area contributed by atoms with Crippen molar-refractivity contribution in [2.45, 2.75) is 6.42 Å². The second-order valence-corrected chi connectivity index (χ2v) is 5.60. The number of ether oxygens (including phenoxy) is 2. The quantitative estimate of drug-likeness (QED) is 0.877. The number of anilines is 2. The first-order valence-electron chi connectivity index (χ1n) is 8.18. The normalized spacial score (nSPS) is 14.2. The predicted molar refractivity (Wildman–Crippen MR) is 94.8 cm³/mol. The van der Waals surface area contributed by atoms with Crippen molar-refractivity contribution in [1.82, 2.24) is 0 Å². The molecule has 130 valence electrons. The highest BCUT2D eigenvalue weighted by atomic mass is 16.5. The van der Waals surface area contributed by atoms with Gasteiger partial charge in [-0.05, 0) is 36.4 Å². The van der Waals surface area contributed by atoms with E-state index in [9.17, 15) is 9.59 Å². The molecule has 1 saturated heterocycles. The molecular weight excluding hydrogens is 320 g/mol. The fraction of sp³-hybridized carbons (Fsp3) is 0.263. The topological polar surface area (TPSA) is 67.9 Å². The molecule has 0 saturated carbocycles. The lowest BCUT2D eigenvalue weighted by molar-refractivity contribution is -0.125. The highest BCUT2D eigenvalue weighted by molar-refractivity contribution is 5.95. The zero-order valence-corrected chi connectivity index (χ0v) is 13.8. The molecule has 0 radical (unpaired) electrons. The number of benzene rings is 2. The molecule has 0 spiro atoms. The number of morpholine rings is 1. The van der Waals surface area contributed by atoms with Crippen LogP contribution < -0.4 is 15.0 Å². The average Bonchev–Trinajstić information content (AvgIpc) is 2.64. The van der Waals surface area contributed by atoms with Crippen LogP contribution in [0, 0.1) is 0 Å². The third-order valence-corrected chi connectivity index (χ3v) is 3.79. The van der Waals surface area contributed by atoms with Crippen LogP contribution in [0.25, 0.3) is 0 Å². The summed E-state index contributed by atoms with van der Waals surface area (Å²) in [5.74, 6) is 0.571. The SMILES string of the molecule is O=C(CCOc1ccccc1)Nc1ccc(N2CCOCC2=O)cc1. The minimum atomic E-state index is -0.119. The van der Waals surface area contributed by atoms with E-state index in [1.54, 1.807) is 17.0 Å².